The molecule has 2 aromatic rings. The van der Waals surface area contributed by atoms with Crippen molar-refractivity contribution in [3.05, 3.63) is 29.3 Å². The second kappa shape index (κ2) is 6.38. The third-order valence-corrected chi connectivity index (χ3v) is 3.71. The SMILES string of the molecule is COc1ccc(-c2nc(CCC(=O)O)cs2)c(OC)c1. The van der Waals surface area contributed by atoms with Crippen molar-refractivity contribution in [1.29, 1.82) is 0 Å². The number of carbonyl (C=O) groups is 1. The van der Waals surface area contributed by atoms with Gasteiger partial charge in [0.1, 0.15) is 16.5 Å². The van der Waals surface area contributed by atoms with Crippen molar-refractivity contribution in [2.24, 2.45) is 0 Å². The van der Waals surface area contributed by atoms with Crippen LogP contribution in [0.4, 0.5) is 0 Å². The smallest absolute Gasteiger partial charge is 0.303 e. The summed E-state index contributed by atoms with van der Waals surface area (Å²) in [5, 5.41) is 11.4. The molecule has 5 nitrogen and oxygen atoms in total. The lowest BCUT2D eigenvalue weighted by atomic mass is 10.2. The number of rotatable bonds is 6. The van der Waals surface area contributed by atoms with E-state index in [0.29, 0.717) is 17.9 Å². The quantitative estimate of drug-likeness (QED) is 0.887. The Labute approximate surface area is 120 Å². The van der Waals surface area contributed by atoms with Crippen molar-refractivity contribution in [2.45, 2.75) is 12.8 Å². The molecule has 6 heteroatoms. The molecule has 0 saturated carbocycles. The molecule has 0 radical (unpaired) electrons. The Morgan fingerprint density at radius 1 is 1.35 bits per heavy atom. The molecule has 1 heterocycles. The van der Waals surface area contributed by atoms with Crippen LogP contribution in [0.5, 0.6) is 11.5 Å². The van der Waals surface area contributed by atoms with E-state index in [-0.39, 0.29) is 6.42 Å². The van der Waals surface area contributed by atoms with Crippen molar-refractivity contribution >= 4 is 17.3 Å². The molecule has 2 rings (SSSR count). The molecule has 0 spiro atoms. The molecule has 106 valence electrons. The maximum Gasteiger partial charge on any atom is 0.303 e. The van der Waals surface area contributed by atoms with Gasteiger partial charge in [-0.3, -0.25) is 4.79 Å². The number of aromatic nitrogens is 1. The molecule has 0 aliphatic heterocycles. The molecule has 0 fully saturated rings. The molecule has 0 unspecified atom stereocenters. The normalized spacial score (nSPS) is 10.3. The first-order chi connectivity index (χ1) is 9.63. The average molecular weight is 293 g/mol. The number of benzene rings is 1. The largest absolute Gasteiger partial charge is 0.497 e. The Morgan fingerprint density at radius 3 is 2.80 bits per heavy atom. The van der Waals surface area contributed by atoms with E-state index in [1.807, 2.05) is 17.5 Å². The zero-order chi connectivity index (χ0) is 14.5. The van der Waals surface area contributed by atoms with E-state index in [1.165, 1.54) is 11.3 Å². The molecular weight excluding hydrogens is 278 g/mol. The highest BCUT2D eigenvalue weighted by molar-refractivity contribution is 7.13. The topological polar surface area (TPSA) is 68.7 Å². The van der Waals surface area contributed by atoms with Gasteiger partial charge in [-0.2, -0.15) is 0 Å². The molecule has 1 aromatic carbocycles. The summed E-state index contributed by atoms with van der Waals surface area (Å²) in [6.45, 7) is 0. The lowest BCUT2D eigenvalue weighted by Gasteiger charge is -2.08. The van der Waals surface area contributed by atoms with E-state index < -0.39 is 5.97 Å². The van der Waals surface area contributed by atoms with Crippen LogP contribution in [-0.4, -0.2) is 30.3 Å². The van der Waals surface area contributed by atoms with Gasteiger partial charge < -0.3 is 14.6 Å². The number of methoxy groups -OCH3 is 2. The molecule has 0 amide bonds. The molecule has 0 aliphatic rings. The number of carboxylic acid groups (broad SMARTS) is 1. The Kier molecular flexibility index (Phi) is 4.57. The lowest BCUT2D eigenvalue weighted by Crippen LogP contribution is -1.97. The lowest BCUT2D eigenvalue weighted by molar-refractivity contribution is -0.136. The van der Waals surface area contributed by atoms with Gasteiger partial charge in [-0.15, -0.1) is 11.3 Å². The minimum Gasteiger partial charge on any atom is -0.497 e. The molecular formula is C14H15NO4S. The van der Waals surface area contributed by atoms with E-state index in [0.717, 1.165) is 16.3 Å². The highest BCUT2D eigenvalue weighted by atomic mass is 32.1. The predicted molar refractivity (Wildman–Crippen MR) is 76.6 cm³/mol. The summed E-state index contributed by atoms with van der Waals surface area (Å²) in [6, 6.07) is 5.53. The summed E-state index contributed by atoms with van der Waals surface area (Å²) in [5.74, 6) is 0.582. The molecule has 0 saturated heterocycles. The summed E-state index contributed by atoms with van der Waals surface area (Å²) in [7, 11) is 3.19. The van der Waals surface area contributed by atoms with Gasteiger partial charge in [0.05, 0.1) is 31.9 Å². The summed E-state index contributed by atoms with van der Waals surface area (Å²) in [5.41, 5.74) is 1.66. The van der Waals surface area contributed by atoms with Crippen LogP contribution in [-0.2, 0) is 11.2 Å². The van der Waals surface area contributed by atoms with Crippen LogP contribution in [0, 0.1) is 0 Å². The summed E-state index contributed by atoms with van der Waals surface area (Å²) >= 11 is 1.47. The second-order valence-electron chi connectivity index (χ2n) is 4.10. The monoisotopic (exact) mass is 293 g/mol. The van der Waals surface area contributed by atoms with Crippen LogP contribution < -0.4 is 9.47 Å². The Morgan fingerprint density at radius 2 is 2.15 bits per heavy atom. The van der Waals surface area contributed by atoms with Crippen molar-refractivity contribution < 1.29 is 19.4 Å². The first-order valence-corrected chi connectivity index (χ1v) is 6.90. The van der Waals surface area contributed by atoms with Crippen LogP contribution >= 0.6 is 11.3 Å². The zero-order valence-electron chi connectivity index (χ0n) is 11.3. The van der Waals surface area contributed by atoms with Crippen LogP contribution in [0.2, 0.25) is 0 Å². The van der Waals surface area contributed by atoms with Gasteiger partial charge in [-0.1, -0.05) is 0 Å². The fraction of sp³-hybridized carbons (Fsp3) is 0.286. The van der Waals surface area contributed by atoms with Gasteiger partial charge >= 0.3 is 5.97 Å². The van der Waals surface area contributed by atoms with Crippen LogP contribution in [0.3, 0.4) is 0 Å². The maximum atomic E-state index is 10.6. The summed E-state index contributed by atoms with van der Waals surface area (Å²) in [4.78, 5) is 15.0. The van der Waals surface area contributed by atoms with Gasteiger partial charge in [0, 0.05) is 17.9 Å². The third-order valence-electron chi connectivity index (χ3n) is 2.79. The molecule has 0 atom stereocenters. The van der Waals surface area contributed by atoms with Gasteiger partial charge in [0.15, 0.2) is 0 Å². The number of hydrogen-bond acceptors (Lipinski definition) is 5. The number of ether oxygens (including phenoxy) is 2. The first-order valence-electron chi connectivity index (χ1n) is 6.02. The Balaban J connectivity index is 2.25. The third kappa shape index (κ3) is 3.27. The maximum absolute atomic E-state index is 10.6. The number of aliphatic carboxylic acids is 1. The van der Waals surface area contributed by atoms with Crippen molar-refractivity contribution in [1.82, 2.24) is 4.98 Å². The van der Waals surface area contributed by atoms with Crippen LogP contribution in [0.1, 0.15) is 12.1 Å². The van der Waals surface area contributed by atoms with E-state index in [2.05, 4.69) is 4.98 Å². The fourth-order valence-corrected chi connectivity index (χ4v) is 2.64. The zero-order valence-corrected chi connectivity index (χ0v) is 12.1. The average Bonchev–Trinajstić information content (AvgIpc) is 2.93. The first kappa shape index (κ1) is 14.3. The molecule has 0 aliphatic carbocycles. The number of hydrogen-bond donors (Lipinski definition) is 1. The minimum atomic E-state index is -0.818. The number of thiazole rings is 1. The van der Waals surface area contributed by atoms with Crippen molar-refractivity contribution in [3.63, 3.8) is 0 Å². The molecule has 20 heavy (non-hydrogen) atoms. The van der Waals surface area contributed by atoms with Crippen LogP contribution in [0.25, 0.3) is 10.6 Å². The fourth-order valence-electron chi connectivity index (χ4n) is 1.76. The van der Waals surface area contributed by atoms with E-state index >= 15 is 0 Å². The van der Waals surface area contributed by atoms with Crippen molar-refractivity contribution in [3.8, 4) is 22.1 Å². The second-order valence-corrected chi connectivity index (χ2v) is 4.96. The molecule has 0 bridgehead atoms. The Bertz CT molecular complexity index is 609. The van der Waals surface area contributed by atoms with Gasteiger partial charge in [0.2, 0.25) is 0 Å². The predicted octanol–water partition coefficient (Wildman–Crippen LogP) is 2.84. The highest BCUT2D eigenvalue weighted by Crippen LogP contribution is 2.35. The van der Waals surface area contributed by atoms with Gasteiger partial charge in [-0.25, -0.2) is 4.98 Å². The Hall–Kier alpha value is -2.08. The van der Waals surface area contributed by atoms with E-state index in [9.17, 15) is 4.79 Å². The van der Waals surface area contributed by atoms with Gasteiger partial charge in [0.25, 0.3) is 0 Å². The van der Waals surface area contributed by atoms with Crippen molar-refractivity contribution in [2.75, 3.05) is 14.2 Å². The van der Waals surface area contributed by atoms with E-state index in [1.54, 1.807) is 20.3 Å². The number of nitrogens with zero attached hydrogens (tertiary/aromatic N) is 1. The number of carboxylic acids is 1. The summed E-state index contributed by atoms with van der Waals surface area (Å²) < 4.78 is 10.5. The number of aryl methyl sites for hydroxylation is 1. The standard InChI is InChI=1S/C14H15NO4S/c1-18-10-4-5-11(12(7-10)19-2)14-15-9(8-20-14)3-6-13(16)17/h4-5,7-8H,3,6H2,1-2H3,(H,16,17). The molecule has 1 aromatic heterocycles. The summed E-state index contributed by atoms with van der Waals surface area (Å²) in [6.07, 6.45) is 0.521. The highest BCUT2D eigenvalue weighted by Gasteiger charge is 2.12. The molecule has 1 N–H and O–H groups in total. The van der Waals surface area contributed by atoms with Crippen LogP contribution in [0.15, 0.2) is 23.6 Å². The minimum absolute atomic E-state index is 0.0862. The van der Waals surface area contributed by atoms with E-state index in [4.69, 9.17) is 14.6 Å². The van der Waals surface area contributed by atoms with Gasteiger partial charge in [-0.05, 0) is 12.1 Å².